The van der Waals surface area contributed by atoms with E-state index in [4.69, 9.17) is 26.3 Å². The molecular formula is C14H13ClN2O3. The van der Waals surface area contributed by atoms with Gasteiger partial charge in [-0.15, -0.1) is 0 Å². The predicted molar refractivity (Wildman–Crippen MR) is 72.2 cm³/mol. The van der Waals surface area contributed by atoms with Crippen LogP contribution < -0.4 is 4.90 Å². The summed E-state index contributed by atoms with van der Waals surface area (Å²) in [5.41, 5.74) is 1.34. The van der Waals surface area contributed by atoms with E-state index in [9.17, 15) is 4.79 Å². The Balaban J connectivity index is 2.07. The normalized spacial score (nSPS) is 20.0. The van der Waals surface area contributed by atoms with Gasteiger partial charge in [0, 0.05) is 17.1 Å². The molecule has 1 fully saturated rings. The second kappa shape index (κ2) is 5.06. The number of nitrogens with zero attached hydrogens (tertiary/aromatic N) is 2. The zero-order valence-electron chi connectivity index (χ0n) is 10.8. The van der Waals surface area contributed by atoms with Crippen LogP contribution in [0.2, 0.25) is 5.02 Å². The van der Waals surface area contributed by atoms with Crippen LogP contribution >= 0.6 is 11.6 Å². The van der Waals surface area contributed by atoms with Crippen LogP contribution in [0.3, 0.4) is 0 Å². The summed E-state index contributed by atoms with van der Waals surface area (Å²) in [5.74, 6) is -1.63. The van der Waals surface area contributed by atoms with Crippen LogP contribution in [0.25, 0.3) is 0 Å². The highest BCUT2D eigenvalue weighted by atomic mass is 35.5. The molecule has 0 radical (unpaired) electrons. The number of ether oxygens (including phenoxy) is 2. The maximum atomic E-state index is 12.7. The molecule has 1 amide bonds. The predicted octanol–water partition coefficient (Wildman–Crippen LogP) is 2.19. The van der Waals surface area contributed by atoms with Gasteiger partial charge in [-0.05, 0) is 24.6 Å². The van der Waals surface area contributed by atoms with E-state index in [2.05, 4.69) is 0 Å². The first-order valence-corrected chi connectivity index (χ1v) is 6.84. The number of carbonyl (C=O) groups is 1. The molecule has 1 saturated heterocycles. The van der Waals surface area contributed by atoms with Crippen molar-refractivity contribution in [3.63, 3.8) is 0 Å². The molecule has 1 spiro atoms. The van der Waals surface area contributed by atoms with Crippen LogP contribution in [0.5, 0.6) is 0 Å². The van der Waals surface area contributed by atoms with E-state index in [1.165, 1.54) is 4.90 Å². The second-order valence-electron chi connectivity index (χ2n) is 4.69. The summed E-state index contributed by atoms with van der Waals surface area (Å²) in [6, 6.07) is 7.22. The lowest BCUT2D eigenvalue weighted by Crippen LogP contribution is -2.47. The summed E-state index contributed by atoms with van der Waals surface area (Å²) >= 11 is 6.01. The highest BCUT2D eigenvalue weighted by Gasteiger charge is 2.54. The molecule has 5 nitrogen and oxygen atoms in total. The number of fused-ring (bicyclic) bond motifs is 2. The van der Waals surface area contributed by atoms with Crippen LogP contribution in [-0.4, -0.2) is 25.7 Å². The molecule has 0 atom stereocenters. The minimum absolute atomic E-state index is 0.244. The number of amides is 1. The molecule has 2 aliphatic heterocycles. The van der Waals surface area contributed by atoms with Gasteiger partial charge in [0.25, 0.3) is 11.7 Å². The largest absolute Gasteiger partial charge is 0.338 e. The summed E-state index contributed by atoms with van der Waals surface area (Å²) in [5, 5.41) is 9.27. The number of benzene rings is 1. The van der Waals surface area contributed by atoms with Crippen LogP contribution in [0.15, 0.2) is 18.2 Å². The van der Waals surface area contributed by atoms with Gasteiger partial charge >= 0.3 is 0 Å². The van der Waals surface area contributed by atoms with Crippen molar-refractivity contribution in [2.24, 2.45) is 0 Å². The first-order chi connectivity index (χ1) is 9.69. The number of halogens is 1. The summed E-state index contributed by atoms with van der Waals surface area (Å²) in [7, 11) is 0. The third kappa shape index (κ3) is 1.88. The maximum Gasteiger partial charge on any atom is 0.292 e. The Kier molecular flexibility index (Phi) is 3.38. The Morgan fingerprint density at radius 3 is 2.85 bits per heavy atom. The molecule has 0 saturated carbocycles. The van der Waals surface area contributed by atoms with E-state index in [0.717, 1.165) is 6.42 Å². The third-order valence-corrected chi connectivity index (χ3v) is 3.71. The smallest absolute Gasteiger partial charge is 0.292 e. The van der Waals surface area contributed by atoms with E-state index in [1.807, 2.05) is 6.07 Å². The number of hydrogen-bond donors (Lipinski definition) is 0. The summed E-state index contributed by atoms with van der Waals surface area (Å²) in [6.45, 7) is 1.25. The Morgan fingerprint density at radius 1 is 1.40 bits per heavy atom. The van der Waals surface area contributed by atoms with Crippen molar-refractivity contribution < 1.29 is 14.3 Å². The molecule has 104 valence electrons. The van der Waals surface area contributed by atoms with Gasteiger partial charge in [0.1, 0.15) is 0 Å². The molecule has 0 aromatic heterocycles. The zero-order valence-corrected chi connectivity index (χ0v) is 11.5. The lowest BCUT2D eigenvalue weighted by Gasteiger charge is -2.32. The lowest BCUT2D eigenvalue weighted by molar-refractivity contribution is -0.256. The van der Waals surface area contributed by atoms with Crippen LogP contribution in [0.1, 0.15) is 18.4 Å². The fraction of sp³-hybridized carbons (Fsp3) is 0.429. The maximum absolute atomic E-state index is 12.7. The van der Waals surface area contributed by atoms with Gasteiger partial charge < -0.3 is 14.4 Å². The van der Waals surface area contributed by atoms with Gasteiger partial charge in [-0.2, -0.15) is 5.26 Å². The fourth-order valence-corrected chi connectivity index (χ4v) is 2.77. The van der Waals surface area contributed by atoms with Gasteiger partial charge in [-0.3, -0.25) is 4.79 Å². The van der Waals surface area contributed by atoms with E-state index in [0.29, 0.717) is 36.0 Å². The van der Waals surface area contributed by atoms with E-state index >= 15 is 0 Å². The quantitative estimate of drug-likeness (QED) is 0.838. The molecule has 2 aliphatic rings. The number of anilines is 1. The molecule has 0 unspecified atom stereocenters. The second-order valence-corrected chi connectivity index (χ2v) is 5.13. The van der Waals surface area contributed by atoms with Crippen LogP contribution in [0, 0.1) is 11.3 Å². The van der Waals surface area contributed by atoms with Crippen LogP contribution in [-0.2, 0) is 20.1 Å². The Labute approximate surface area is 121 Å². The zero-order chi connectivity index (χ0) is 14.2. The van der Waals surface area contributed by atoms with Gasteiger partial charge in [-0.1, -0.05) is 11.6 Å². The van der Waals surface area contributed by atoms with Crippen molar-refractivity contribution in [3.8, 4) is 6.07 Å². The standard InChI is InChI=1S/C14H13ClN2O3/c15-10-3-4-11-12(9-10)17(6-1-5-16)13(18)14(11)19-7-2-8-20-14/h3-4,9H,1-2,6-8H2. The van der Waals surface area contributed by atoms with Gasteiger partial charge in [0.15, 0.2) is 0 Å². The van der Waals surface area contributed by atoms with Crippen molar-refractivity contribution in [1.82, 2.24) is 0 Å². The Hall–Kier alpha value is -1.61. The fourth-order valence-electron chi connectivity index (χ4n) is 2.60. The van der Waals surface area contributed by atoms with Gasteiger partial charge in [-0.25, -0.2) is 0 Å². The molecule has 0 bridgehead atoms. The first-order valence-electron chi connectivity index (χ1n) is 6.46. The molecular weight excluding hydrogens is 280 g/mol. The topological polar surface area (TPSA) is 62.6 Å². The number of nitriles is 1. The van der Waals surface area contributed by atoms with Gasteiger partial charge in [0.05, 0.1) is 31.4 Å². The van der Waals surface area contributed by atoms with E-state index in [-0.39, 0.29) is 12.3 Å². The monoisotopic (exact) mass is 292 g/mol. The average molecular weight is 293 g/mol. The summed E-state index contributed by atoms with van der Waals surface area (Å²) in [4.78, 5) is 14.2. The number of hydrogen-bond acceptors (Lipinski definition) is 4. The first kappa shape index (κ1) is 13.4. The lowest BCUT2D eigenvalue weighted by atomic mass is 10.1. The highest BCUT2D eigenvalue weighted by molar-refractivity contribution is 6.31. The number of carbonyl (C=O) groups excluding carboxylic acids is 1. The van der Waals surface area contributed by atoms with Crippen molar-refractivity contribution in [1.29, 1.82) is 5.26 Å². The molecule has 1 aromatic rings. The summed E-state index contributed by atoms with van der Waals surface area (Å²) < 4.78 is 11.4. The molecule has 1 aromatic carbocycles. The van der Waals surface area contributed by atoms with Crippen molar-refractivity contribution in [2.45, 2.75) is 18.6 Å². The minimum atomic E-state index is -1.35. The third-order valence-electron chi connectivity index (χ3n) is 3.48. The Morgan fingerprint density at radius 2 is 2.15 bits per heavy atom. The molecule has 0 N–H and O–H groups in total. The van der Waals surface area contributed by atoms with E-state index in [1.54, 1.807) is 18.2 Å². The van der Waals surface area contributed by atoms with Crippen LogP contribution in [0.4, 0.5) is 5.69 Å². The molecule has 6 heteroatoms. The van der Waals surface area contributed by atoms with E-state index < -0.39 is 5.79 Å². The molecule has 0 aliphatic carbocycles. The Bertz CT molecular complexity index is 591. The van der Waals surface area contributed by atoms with Gasteiger partial charge in [0.2, 0.25) is 0 Å². The highest BCUT2D eigenvalue weighted by Crippen LogP contribution is 2.46. The minimum Gasteiger partial charge on any atom is -0.338 e. The number of rotatable bonds is 2. The van der Waals surface area contributed by atoms with Crippen molar-refractivity contribution in [3.05, 3.63) is 28.8 Å². The SMILES string of the molecule is N#CCCN1C(=O)C2(OCCCO2)c2ccc(Cl)cc21. The van der Waals surface area contributed by atoms with Crippen molar-refractivity contribution in [2.75, 3.05) is 24.7 Å². The summed E-state index contributed by atoms with van der Waals surface area (Å²) in [6.07, 6.45) is 1.00. The average Bonchev–Trinajstić information content (AvgIpc) is 2.67. The molecule has 3 rings (SSSR count). The van der Waals surface area contributed by atoms with Crippen molar-refractivity contribution >= 4 is 23.2 Å². The molecule has 2 heterocycles. The molecule has 20 heavy (non-hydrogen) atoms.